The molecule has 1 aliphatic heterocycles. The minimum absolute atomic E-state index is 1.11. The van der Waals surface area contributed by atoms with Crippen molar-refractivity contribution in [3.05, 3.63) is 0 Å². The smallest absolute Gasteiger partial charge is 0.0376 e. The second kappa shape index (κ2) is 2.81. The summed E-state index contributed by atoms with van der Waals surface area (Å²) in [6.07, 6.45) is 3.91. The monoisotopic (exact) mass is 158 g/mol. The Balaban J connectivity index is 2.04. The van der Waals surface area contributed by atoms with E-state index in [4.69, 9.17) is 0 Å². The summed E-state index contributed by atoms with van der Waals surface area (Å²) in [5.41, 5.74) is 0. The highest BCUT2D eigenvalue weighted by Gasteiger charge is 2.09. The van der Waals surface area contributed by atoms with Crippen molar-refractivity contribution in [1.82, 2.24) is 25.8 Å². The van der Waals surface area contributed by atoms with Gasteiger partial charge in [-0.2, -0.15) is 10.4 Å². The molecule has 6 nitrogen and oxygen atoms in total. The van der Waals surface area contributed by atoms with E-state index < -0.39 is 0 Å². The summed E-state index contributed by atoms with van der Waals surface area (Å²) >= 11 is 0. The largest absolute Gasteiger partial charge is 0.281 e. The molecule has 0 atom stereocenters. The number of aromatic nitrogens is 5. The number of hydrogen-bond donors (Lipinski definition) is 4. The van der Waals surface area contributed by atoms with Gasteiger partial charge in [0.2, 0.25) is 0 Å². The molecule has 11 heavy (non-hydrogen) atoms. The second-order valence-electron chi connectivity index (χ2n) is 2.80. The summed E-state index contributed by atoms with van der Waals surface area (Å²) in [6.45, 7) is 2.23. The van der Waals surface area contributed by atoms with Crippen LogP contribution in [0.5, 0.6) is 0 Å². The lowest BCUT2D eigenvalue weighted by Gasteiger charge is -2.26. The Morgan fingerprint density at radius 1 is 0.818 bits per heavy atom. The molecule has 0 saturated carbocycles. The van der Waals surface area contributed by atoms with E-state index in [9.17, 15) is 0 Å². The van der Waals surface area contributed by atoms with E-state index in [2.05, 4.69) is 25.9 Å². The van der Waals surface area contributed by atoms with E-state index in [1.807, 2.05) is 4.91 Å². The SMILES string of the molecule is C1CCN(n2[nH][nH][nH][nH]2)CC1. The van der Waals surface area contributed by atoms with Gasteiger partial charge < -0.3 is 0 Å². The van der Waals surface area contributed by atoms with Crippen LogP contribution in [0.1, 0.15) is 19.3 Å². The fourth-order valence-electron chi connectivity index (χ4n) is 1.41. The molecule has 1 aromatic rings. The highest BCUT2D eigenvalue weighted by Crippen LogP contribution is 2.05. The van der Waals surface area contributed by atoms with E-state index in [1.165, 1.54) is 19.3 Å². The molecule has 0 bridgehead atoms. The summed E-state index contributed by atoms with van der Waals surface area (Å²) in [5.74, 6) is 0. The van der Waals surface area contributed by atoms with Gasteiger partial charge in [-0.3, -0.25) is 5.01 Å². The normalized spacial score (nSPS) is 18.7. The molecular weight excluding hydrogens is 144 g/mol. The molecule has 0 radical (unpaired) electrons. The predicted molar refractivity (Wildman–Crippen MR) is 41.3 cm³/mol. The lowest BCUT2D eigenvalue weighted by Crippen LogP contribution is -2.40. The van der Waals surface area contributed by atoms with Crippen molar-refractivity contribution >= 4 is 0 Å². The first-order chi connectivity index (χ1) is 5.47. The molecule has 1 aliphatic rings. The summed E-state index contributed by atoms with van der Waals surface area (Å²) in [4.78, 5) is 1.83. The Bertz CT molecular complexity index is 201. The van der Waals surface area contributed by atoms with Crippen LogP contribution < -0.4 is 5.01 Å². The van der Waals surface area contributed by atoms with Crippen molar-refractivity contribution < 1.29 is 0 Å². The maximum absolute atomic E-state index is 2.91. The number of aromatic amines is 4. The van der Waals surface area contributed by atoms with Gasteiger partial charge in [0.15, 0.2) is 0 Å². The lowest BCUT2D eigenvalue weighted by atomic mass is 10.2. The molecule has 0 amide bonds. The van der Waals surface area contributed by atoms with Crippen LogP contribution in [0.2, 0.25) is 0 Å². The van der Waals surface area contributed by atoms with E-state index >= 15 is 0 Å². The zero-order valence-electron chi connectivity index (χ0n) is 6.43. The highest BCUT2D eigenvalue weighted by atomic mass is 15.9. The first kappa shape index (κ1) is 6.51. The molecule has 0 unspecified atom stereocenters. The molecule has 0 aliphatic carbocycles. The van der Waals surface area contributed by atoms with Crippen LogP contribution in [0.25, 0.3) is 0 Å². The highest BCUT2D eigenvalue weighted by molar-refractivity contribution is 4.81. The van der Waals surface area contributed by atoms with Crippen LogP contribution in [0, 0.1) is 0 Å². The van der Waals surface area contributed by atoms with Gasteiger partial charge >= 0.3 is 0 Å². The Hall–Kier alpha value is -1.20. The van der Waals surface area contributed by atoms with Crippen molar-refractivity contribution in [2.75, 3.05) is 18.1 Å². The third-order valence-corrected chi connectivity index (χ3v) is 2.00. The fraction of sp³-hybridized carbons (Fsp3) is 1.00. The summed E-state index contributed by atoms with van der Waals surface area (Å²) < 4.78 is 0. The van der Waals surface area contributed by atoms with Crippen LogP contribution in [0.3, 0.4) is 0 Å². The minimum Gasteiger partial charge on any atom is -0.281 e. The third-order valence-electron chi connectivity index (χ3n) is 2.00. The molecule has 4 N–H and O–H groups in total. The lowest BCUT2D eigenvalue weighted by molar-refractivity contribution is 0.403. The standard InChI is InChI=1S/C5H14N6/c1-2-4-10(5-3-1)11-8-6-7-9-11/h6-9H,1-5H2. The molecule has 6 heteroatoms. The van der Waals surface area contributed by atoms with Crippen LogP contribution in [-0.2, 0) is 0 Å². The average Bonchev–Trinajstić information content (AvgIpc) is 2.58. The van der Waals surface area contributed by atoms with E-state index in [0.29, 0.717) is 0 Å². The van der Waals surface area contributed by atoms with Crippen molar-refractivity contribution in [2.24, 2.45) is 0 Å². The minimum atomic E-state index is 1.11. The molecule has 1 fully saturated rings. The average molecular weight is 158 g/mol. The van der Waals surface area contributed by atoms with Crippen molar-refractivity contribution in [3.63, 3.8) is 0 Å². The first-order valence-electron chi connectivity index (χ1n) is 4.03. The van der Waals surface area contributed by atoms with Gasteiger partial charge in [-0.1, -0.05) is 0 Å². The molecule has 0 aromatic carbocycles. The van der Waals surface area contributed by atoms with Gasteiger partial charge in [-0.05, 0) is 19.3 Å². The van der Waals surface area contributed by atoms with Gasteiger partial charge in [0.05, 0.1) is 0 Å². The molecule has 2 rings (SSSR count). The maximum Gasteiger partial charge on any atom is 0.0376 e. The Labute approximate surface area is 64.1 Å². The van der Waals surface area contributed by atoms with Gasteiger partial charge in [0, 0.05) is 13.1 Å². The van der Waals surface area contributed by atoms with Crippen LogP contribution >= 0.6 is 0 Å². The van der Waals surface area contributed by atoms with Crippen LogP contribution in [0.4, 0.5) is 0 Å². The molecule has 1 saturated heterocycles. The number of rotatable bonds is 1. The Morgan fingerprint density at radius 3 is 2.09 bits per heavy atom. The van der Waals surface area contributed by atoms with Crippen LogP contribution in [0.15, 0.2) is 0 Å². The van der Waals surface area contributed by atoms with Crippen molar-refractivity contribution in [2.45, 2.75) is 19.3 Å². The fourth-order valence-corrected chi connectivity index (χ4v) is 1.41. The van der Waals surface area contributed by atoms with Crippen molar-refractivity contribution in [3.8, 4) is 0 Å². The van der Waals surface area contributed by atoms with Crippen LogP contribution in [-0.4, -0.2) is 38.8 Å². The molecule has 64 valence electrons. The maximum atomic E-state index is 2.91. The number of piperidine rings is 1. The third kappa shape index (κ3) is 1.28. The Morgan fingerprint density at radius 2 is 1.45 bits per heavy atom. The molecule has 0 spiro atoms. The number of nitrogens with zero attached hydrogens (tertiary/aromatic N) is 2. The Kier molecular flexibility index (Phi) is 1.66. The number of hydrogen-bond acceptors (Lipinski definition) is 1. The number of H-pyrrole nitrogens is 4. The summed E-state index contributed by atoms with van der Waals surface area (Å²) in [5, 5.41) is 13.5. The topological polar surface area (TPSA) is 71.3 Å². The van der Waals surface area contributed by atoms with Gasteiger partial charge in [0.25, 0.3) is 0 Å². The van der Waals surface area contributed by atoms with Crippen molar-refractivity contribution in [1.29, 1.82) is 0 Å². The summed E-state index contributed by atoms with van der Waals surface area (Å²) in [6, 6.07) is 0. The van der Waals surface area contributed by atoms with E-state index in [0.717, 1.165) is 13.1 Å². The zero-order chi connectivity index (χ0) is 7.52. The number of nitrogens with one attached hydrogen (secondary N) is 4. The zero-order valence-corrected chi connectivity index (χ0v) is 6.43. The van der Waals surface area contributed by atoms with Gasteiger partial charge in [-0.25, -0.2) is 10.4 Å². The quantitative estimate of drug-likeness (QED) is 0.458. The predicted octanol–water partition coefficient (Wildman–Crippen LogP) is 0.0468. The van der Waals surface area contributed by atoms with E-state index in [-0.39, 0.29) is 0 Å². The van der Waals surface area contributed by atoms with Gasteiger partial charge in [-0.15, -0.1) is 4.91 Å². The second-order valence-corrected chi connectivity index (χ2v) is 2.80. The molecule has 1 aromatic heterocycles. The van der Waals surface area contributed by atoms with E-state index in [1.54, 1.807) is 0 Å². The molecule has 2 heterocycles. The van der Waals surface area contributed by atoms with Gasteiger partial charge in [0.1, 0.15) is 0 Å². The first-order valence-corrected chi connectivity index (χ1v) is 4.03. The molecular formula is C5H14N6. The summed E-state index contributed by atoms with van der Waals surface area (Å²) in [7, 11) is 0.